The molecule has 0 spiro atoms. The summed E-state index contributed by atoms with van der Waals surface area (Å²) < 4.78 is 5.81. The molecule has 1 aromatic heterocycles. The normalized spacial score (nSPS) is 21.9. The van der Waals surface area contributed by atoms with E-state index in [0.717, 1.165) is 42.8 Å². The van der Waals surface area contributed by atoms with Crippen molar-refractivity contribution in [2.75, 3.05) is 7.11 Å². The van der Waals surface area contributed by atoms with Gasteiger partial charge in [0, 0.05) is 20.2 Å². The number of aromatic amines is 1. The van der Waals surface area contributed by atoms with Gasteiger partial charge in [0.05, 0.1) is 11.3 Å². The van der Waals surface area contributed by atoms with Crippen LogP contribution < -0.4 is 10.9 Å². The zero-order valence-corrected chi connectivity index (χ0v) is 11.4. The summed E-state index contributed by atoms with van der Waals surface area (Å²) in [5.41, 5.74) is 1.27. The smallest absolute Gasteiger partial charge is 0.255 e. The van der Waals surface area contributed by atoms with Crippen molar-refractivity contribution in [2.24, 2.45) is 0 Å². The molecule has 0 saturated heterocycles. The molecule has 0 radical (unpaired) electrons. The van der Waals surface area contributed by atoms with Gasteiger partial charge in [0.25, 0.3) is 5.56 Å². The lowest BCUT2D eigenvalue weighted by molar-refractivity contribution is -0.0355. The quantitative estimate of drug-likeness (QED) is 0.795. The van der Waals surface area contributed by atoms with Gasteiger partial charge in [-0.15, -0.1) is 0 Å². The van der Waals surface area contributed by atoms with Crippen LogP contribution in [0.2, 0.25) is 0 Å². The summed E-state index contributed by atoms with van der Waals surface area (Å²) in [4.78, 5) is 19.8. The Morgan fingerprint density at radius 3 is 2.58 bits per heavy atom. The maximum Gasteiger partial charge on any atom is 0.255 e. The zero-order chi connectivity index (χ0) is 13.3. The van der Waals surface area contributed by atoms with E-state index in [1.807, 2.05) is 0 Å². The summed E-state index contributed by atoms with van der Waals surface area (Å²) in [6.07, 6.45) is 6.63. The van der Waals surface area contributed by atoms with E-state index in [2.05, 4.69) is 15.3 Å². The molecule has 5 heteroatoms. The fourth-order valence-corrected chi connectivity index (χ4v) is 3.23. The first kappa shape index (κ1) is 12.8. The van der Waals surface area contributed by atoms with Crippen molar-refractivity contribution in [1.82, 2.24) is 15.3 Å². The molecule has 1 aromatic rings. The summed E-state index contributed by atoms with van der Waals surface area (Å²) in [7, 11) is 1.73. The highest BCUT2D eigenvalue weighted by Gasteiger charge is 2.36. The molecule has 1 aliphatic heterocycles. The first-order chi connectivity index (χ1) is 9.25. The van der Waals surface area contributed by atoms with Crippen molar-refractivity contribution in [3.05, 3.63) is 27.4 Å². The lowest BCUT2D eigenvalue weighted by Gasteiger charge is -2.30. The number of hydrogen-bond acceptors (Lipinski definition) is 4. The molecule has 1 aliphatic carbocycles. The van der Waals surface area contributed by atoms with Gasteiger partial charge in [0.1, 0.15) is 11.4 Å². The SMILES string of the molecule is COC1(c2nc3c(c(=O)[nH]2)CNC3)CCCCCC1. The van der Waals surface area contributed by atoms with E-state index in [1.54, 1.807) is 7.11 Å². The largest absolute Gasteiger partial charge is 0.370 e. The molecule has 5 nitrogen and oxygen atoms in total. The van der Waals surface area contributed by atoms with Crippen LogP contribution in [-0.4, -0.2) is 17.1 Å². The van der Waals surface area contributed by atoms with Gasteiger partial charge in [-0.1, -0.05) is 25.7 Å². The second-order valence-corrected chi connectivity index (χ2v) is 5.56. The standard InChI is InChI=1S/C14H21N3O2/c1-19-14(6-4-2-3-5-7-14)13-16-11-9-15-8-10(11)12(18)17-13/h15H,2-9H2,1H3,(H,16,17,18). The molecular weight excluding hydrogens is 242 g/mol. The van der Waals surface area contributed by atoms with Gasteiger partial charge in [-0.2, -0.15) is 0 Å². The molecule has 2 heterocycles. The summed E-state index contributed by atoms with van der Waals surface area (Å²) in [5.74, 6) is 0.726. The molecule has 1 fully saturated rings. The number of ether oxygens (including phenoxy) is 1. The first-order valence-corrected chi connectivity index (χ1v) is 7.14. The Bertz CT molecular complexity index is 516. The first-order valence-electron chi connectivity index (χ1n) is 7.14. The molecule has 3 rings (SSSR count). The molecule has 0 amide bonds. The minimum absolute atomic E-state index is 0.00864. The van der Waals surface area contributed by atoms with Gasteiger partial charge < -0.3 is 15.0 Å². The molecule has 1 saturated carbocycles. The molecule has 0 atom stereocenters. The van der Waals surface area contributed by atoms with Crippen molar-refractivity contribution in [3.63, 3.8) is 0 Å². The van der Waals surface area contributed by atoms with Gasteiger partial charge in [-0.3, -0.25) is 4.79 Å². The molecular formula is C14H21N3O2. The van der Waals surface area contributed by atoms with Crippen LogP contribution in [0.1, 0.15) is 55.6 Å². The van der Waals surface area contributed by atoms with Gasteiger partial charge >= 0.3 is 0 Å². The number of fused-ring (bicyclic) bond motifs is 1. The summed E-state index contributed by atoms with van der Waals surface area (Å²) in [6.45, 7) is 1.31. The van der Waals surface area contributed by atoms with E-state index in [-0.39, 0.29) is 5.56 Å². The number of rotatable bonds is 2. The third-order valence-corrected chi connectivity index (χ3v) is 4.43. The second kappa shape index (κ2) is 5.06. The minimum atomic E-state index is -0.396. The van der Waals surface area contributed by atoms with Crippen LogP contribution in [0.15, 0.2) is 4.79 Å². The number of aromatic nitrogens is 2. The van der Waals surface area contributed by atoms with E-state index in [1.165, 1.54) is 12.8 Å². The average molecular weight is 263 g/mol. The third-order valence-electron chi connectivity index (χ3n) is 4.43. The maximum absolute atomic E-state index is 12.1. The molecule has 2 N–H and O–H groups in total. The topological polar surface area (TPSA) is 67.0 Å². The third kappa shape index (κ3) is 2.21. The van der Waals surface area contributed by atoms with Crippen LogP contribution in [-0.2, 0) is 23.4 Å². The van der Waals surface area contributed by atoms with Crippen LogP contribution >= 0.6 is 0 Å². The van der Waals surface area contributed by atoms with Crippen molar-refractivity contribution in [1.29, 1.82) is 0 Å². The van der Waals surface area contributed by atoms with Crippen LogP contribution in [0, 0.1) is 0 Å². The van der Waals surface area contributed by atoms with Crippen LogP contribution in [0.5, 0.6) is 0 Å². The Balaban J connectivity index is 2.04. The molecule has 0 bridgehead atoms. The number of nitrogens with zero attached hydrogens (tertiary/aromatic N) is 1. The fraction of sp³-hybridized carbons (Fsp3) is 0.714. The highest BCUT2D eigenvalue weighted by Crippen LogP contribution is 2.37. The number of methoxy groups -OCH3 is 1. The van der Waals surface area contributed by atoms with Crippen LogP contribution in [0.4, 0.5) is 0 Å². The van der Waals surface area contributed by atoms with E-state index >= 15 is 0 Å². The number of hydrogen-bond donors (Lipinski definition) is 2. The van der Waals surface area contributed by atoms with Crippen molar-refractivity contribution >= 4 is 0 Å². The highest BCUT2D eigenvalue weighted by molar-refractivity contribution is 5.23. The van der Waals surface area contributed by atoms with Crippen molar-refractivity contribution in [3.8, 4) is 0 Å². The predicted molar refractivity (Wildman–Crippen MR) is 71.8 cm³/mol. The predicted octanol–water partition coefficient (Wildman–Crippen LogP) is 1.57. The molecule has 19 heavy (non-hydrogen) atoms. The van der Waals surface area contributed by atoms with Gasteiger partial charge in [-0.25, -0.2) is 4.98 Å². The van der Waals surface area contributed by atoms with Gasteiger partial charge in [0.15, 0.2) is 0 Å². The van der Waals surface area contributed by atoms with E-state index in [9.17, 15) is 4.79 Å². The van der Waals surface area contributed by atoms with Crippen LogP contribution in [0.25, 0.3) is 0 Å². The fourth-order valence-electron chi connectivity index (χ4n) is 3.23. The molecule has 104 valence electrons. The molecule has 0 unspecified atom stereocenters. The monoisotopic (exact) mass is 263 g/mol. The summed E-state index contributed by atoms with van der Waals surface area (Å²) >= 11 is 0. The Labute approximate surface area is 112 Å². The summed E-state index contributed by atoms with van der Waals surface area (Å²) in [5, 5.41) is 3.18. The Morgan fingerprint density at radius 1 is 1.16 bits per heavy atom. The average Bonchev–Trinajstić information content (AvgIpc) is 2.76. The molecule has 2 aliphatic rings. The van der Waals surface area contributed by atoms with E-state index in [0.29, 0.717) is 13.1 Å². The number of H-pyrrole nitrogens is 1. The zero-order valence-electron chi connectivity index (χ0n) is 11.4. The maximum atomic E-state index is 12.1. The Hall–Kier alpha value is -1.20. The highest BCUT2D eigenvalue weighted by atomic mass is 16.5. The van der Waals surface area contributed by atoms with Gasteiger partial charge in [-0.05, 0) is 12.8 Å². The second-order valence-electron chi connectivity index (χ2n) is 5.56. The Morgan fingerprint density at radius 2 is 1.89 bits per heavy atom. The van der Waals surface area contributed by atoms with E-state index in [4.69, 9.17) is 4.74 Å². The van der Waals surface area contributed by atoms with E-state index < -0.39 is 5.60 Å². The van der Waals surface area contributed by atoms with Crippen molar-refractivity contribution < 1.29 is 4.74 Å². The van der Waals surface area contributed by atoms with Crippen LogP contribution in [0.3, 0.4) is 0 Å². The van der Waals surface area contributed by atoms with Crippen molar-refractivity contribution in [2.45, 2.75) is 57.2 Å². The molecule has 0 aromatic carbocycles. The van der Waals surface area contributed by atoms with Gasteiger partial charge in [0.2, 0.25) is 0 Å². The summed E-state index contributed by atoms with van der Waals surface area (Å²) in [6, 6.07) is 0. The lowest BCUT2D eigenvalue weighted by Crippen LogP contribution is -2.33. The number of nitrogens with one attached hydrogen (secondary N) is 2. The minimum Gasteiger partial charge on any atom is -0.370 e. The lowest BCUT2D eigenvalue weighted by atomic mass is 9.93. The Kier molecular flexibility index (Phi) is 3.41.